The van der Waals surface area contributed by atoms with Gasteiger partial charge in [0.15, 0.2) is 5.78 Å². The van der Waals surface area contributed by atoms with E-state index in [4.69, 9.17) is 0 Å². The average molecular weight is 226 g/mol. The van der Waals surface area contributed by atoms with E-state index in [1.54, 1.807) is 6.20 Å². The lowest BCUT2D eigenvalue weighted by molar-refractivity contribution is 0.0953. The molecule has 0 bridgehead atoms. The van der Waals surface area contributed by atoms with E-state index in [2.05, 4.69) is 12.0 Å². The number of rotatable bonds is 1. The van der Waals surface area contributed by atoms with E-state index in [0.29, 0.717) is 12.3 Å². The summed E-state index contributed by atoms with van der Waals surface area (Å²) in [5.74, 6) is 0.634. The number of carbonyl (C=O) groups is 1. The van der Waals surface area contributed by atoms with Crippen molar-refractivity contribution in [3.8, 4) is 5.69 Å². The molecule has 1 aliphatic carbocycles. The number of fused-ring (bicyclic) bond motifs is 1. The highest BCUT2D eigenvalue weighted by atomic mass is 16.1. The summed E-state index contributed by atoms with van der Waals surface area (Å²) >= 11 is 0. The molecule has 3 rings (SSSR count). The van der Waals surface area contributed by atoms with Crippen molar-refractivity contribution in [2.45, 2.75) is 19.8 Å². The molecule has 3 heteroatoms. The number of carbonyl (C=O) groups excluding carboxylic acids is 1. The molecule has 0 N–H and O–H groups in total. The SMILES string of the molecule is C[C@@H]1CC(=O)c2cnn(-c3ccccc3)c2C1. The molecule has 0 amide bonds. The number of aromatic nitrogens is 2. The quantitative estimate of drug-likeness (QED) is 0.749. The van der Waals surface area contributed by atoms with Crippen molar-refractivity contribution in [1.29, 1.82) is 0 Å². The van der Waals surface area contributed by atoms with Gasteiger partial charge in [-0.2, -0.15) is 5.10 Å². The maximum Gasteiger partial charge on any atom is 0.166 e. The van der Waals surface area contributed by atoms with Gasteiger partial charge < -0.3 is 0 Å². The maximum absolute atomic E-state index is 11.9. The molecular formula is C14H14N2O. The zero-order valence-electron chi connectivity index (χ0n) is 9.76. The van der Waals surface area contributed by atoms with E-state index in [1.807, 2.05) is 35.0 Å². The van der Waals surface area contributed by atoms with Gasteiger partial charge in [-0.05, 0) is 24.5 Å². The Hall–Kier alpha value is -1.90. The minimum atomic E-state index is 0.223. The molecule has 0 aliphatic heterocycles. The molecule has 0 saturated carbocycles. The number of benzene rings is 1. The maximum atomic E-state index is 11.9. The Morgan fingerprint density at radius 2 is 2.00 bits per heavy atom. The molecule has 0 spiro atoms. The number of ketones is 1. The van der Waals surface area contributed by atoms with E-state index in [1.165, 1.54) is 0 Å². The minimum Gasteiger partial charge on any atom is -0.294 e. The third-order valence-electron chi connectivity index (χ3n) is 3.25. The molecule has 0 saturated heterocycles. The van der Waals surface area contributed by atoms with Gasteiger partial charge in [-0.25, -0.2) is 4.68 Å². The summed E-state index contributed by atoms with van der Waals surface area (Å²) in [6, 6.07) is 9.97. The molecule has 1 heterocycles. The van der Waals surface area contributed by atoms with Crippen LogP contribution < -0.4 is 0 Å². The van der Waals surface area contributed by atoms with Crippen molar-refractivity contribution in [2.75, 3.05) is 0 Å². The summed E-state index contributed by atoms with van der Waals surface area (Å²) in [7, 11) is 0. The number of hydrogen-bond donors (Lipinski definition) is 0. The summed E-state index contributed by atoms with van der Waals surface area (Å²) in [6.07, 6.45) is 3.28. The summed E-state index contributed by atoms with van der Waals surface area (Å²) in [6.45, 7) is 2.11. The predicted molar refractivity (Wildman–Crippen MR) is 65.4 cm³/mol. The molecular weight excluding hydrogens is 212 g/mol. The number of hydrogen-bond acceptors (Lipinski definition) is 2. The zero-order chi connectivity index (χ0) is 11.8. The Bertz CT molecular complexity index is 557. The smallest absolute Gasteiger partial charge is 0.166 e. The molecule has 2 aromatic rings. The lowest BCUT2D eigenvalue weighted by Gasteiger charge is -2.18. The van der Waals surface area contributed by atoms with Crippen LogP contribution in [-0.2, 0) is 6.42 Å². The van der Waals surface area contributed by atoms with Gasteiger partial charge in [-0.15, -0.1) is 0 Å². The van der Waals surface area contributed by atoms with E-state index in [9.17, 15) is 4.79 Å². The fourth-order valence-electron chi connectivity index (χ4n) is 2.42. The van der Waals surface area contributed by atoms with Crippen molar-refractivity contribution in [3.63, 3.8) is 0 Å². The molecule has 86 valence electrons. The molecule has 1 aromatic carbocycles. The summed E-state index contributed by atoms with van der Waals surface area (Å²) in [4.78, 5) is 11.9. The molecule has 1 atom stereocenters. The van der Waals surface area contributed by atoms with Crippen LogP contribution >= 0.6 is 0 Å². The Morgan fingerprint density at radius 3 is 2.76 bits per heavy atom. The number of nitrogens with zero attached hydrogens (tertiary/aromatic N) is 2. The van der Waals surface area contributed by atoms with E-state index in [-0.39, 0.29) is 5.78 Å². The first-order valence-corrected chi connectivity index (χ1v) is 5.91. The minimum absolute atomic E-state index is 0.223. The second kappa shape index (κ2) is 3.84. The second-order valence-corrected chi connectivity index (χ2v) is 4.69. The van der Waals surface area contributed by atoms with Gasteiger partial charge >= 0.3 is 0 Å². The highest BCUT2D eigenvalue weighted by molar-refractivity contribution is 5.98. The molecule has 17 heavy (non-hydrogen) atoms. The number of para-hydroxylation sites is 1. The van der Waals surface area contributed by atoms with Crippen LogP contribution in [0.4, 0.5) is 0 Å². The zero-order valence-corrected chi connectivity index (χ0v) is 9.76. The fraction of sp³-hybridized carbons (Fsp3) is 0.286. The van der Waals surface area contributed by atoms with Crippen LogP contribution in [0.15, 0.2) is 36.5 Å². The van der Waals surface area contributed by atoms with Crippen LogP contribution in [0.5, 0.6) is 0 Å². The van der Waals surface area contributed by atoms with Gasteiger partial charge in [0.2, 0.25) is 0 Å². The lowest BCUT2D eigenvalue weighted by atomic mass is 9.88. The van der Waals surface area contributed by atoms with E-state index in [0.717, 1.165) is 23.4 Å². The van der Waals surface area contributed by atoms with Crippen molar-refractivity contribution >= 4 is 5.78 Å². The Morgan fingerprint density at radius 1 is 1.24 bits per heavy atom. The molecule has 0 fully saturated rings. The Labute approximate surface area is 100 Å². The van der Waals surface area contributed by atoms with Crippen molar-refractivity contribution in [1.82, 2.24) is 9.78 Å². The second-order valence-electron chi connectivity index (χ2n) is 4.69. The normalized spacial score (nSPS) is 19.1. The monoisotopic (exact) mass is 226 g/mol. The van der Waals surface area contributed by atoms with Crippen molar-refractivity contribution < 1.29 is 4.79 Å². The molecule has 1 aromatic heterocycles. The lowest BCUT2D eigenvalue weighted by Crippen LogP contribution is -2.19. The van der Waals surface area contributed by atoms with E-state index >= 15 is 0 Å². The van der Waals surface area contributed by atoms with Gasteiger partial charge in [-0.1, -0.05) is 25.1 Å². The van der Waals surface area contributed by atoms with Gasteiger partial charge in [-0.3, -0.25) is 4.79 Å². The van der Waals surface area contributed by atoms with Gasteiger partial charge in [0.25, 0.3) is 0 Å². The third kappa shape index (κ3) is 1.68. The largest absolute Gasteiger partial charge is 0.294 e. The standard InChI is InChI=1S/C14H14N2O/c1-10-7-13-12(14(17)8-10)9-15-16(13)11-5-3-2-4-6-11/h2-6,9-10H,7-8H2,1H3/t10-/m0/s1. The predicted octanol–water partition coefficient (Wildman–Crippen LogP) is 2.64. The first-order valence-electron chi connectivity index (χ1n) is 5.91. The van der Waals surface area contributed by atoms with Crippen LogP contribution in [0, 0.1) is 5.92 Å². The molecule has 0 unspecified atom stereocenters. The number of Topliss-reactive ketones (excluding diaryl/α,β-unsaturated/α-hetero) is 1. The van der Waals surface area contributed by atoms with Crippen LogP contribution in [0.25, 0.3) is 5.69 Å². The topological polar surface area (TPSA) is 34.9 Å². The van der Waals surface area contributed by atoms with Gasteiger partial charge in [0, 0.05) is 6.42 Å². The van der Waals surface area contributed by atoms with Crippen molar-refractivity contribution in [2.24, 2.45) is 5.92 Å². The molecule has 1 aliphatic rings. The van der Waals surface area contributed by atoms with Crippen LogP contribution in [-0.4, -0.2) is 15.6 Å². The Kier molecular flexibility index (Phi) is 2.32. The summed E-state index contributed by atoms with van der Waals surface area (Å²) < 4.78 is 1.89. The highest BCUT2D eigenvalue weighted by Crippen LogP contribution is 2.26. The van der Waals surface area contributed by atoms with Gasteiger partial charge in [0.1, 0.15) is 0 Å². The molecule has 0 radical (unpaired) electrons. The van der Waals surface area contributed by atoms with E-state index < -0.39 is 0 Å². The van der Waals surface area contributed by atoms with Crippen LogP contribution in [0.3, 0.4) is 0 Å². The fourth-order valence-corrected chi connectivity index (χ4v) is 2.42. The van der Waals surface area contributed by atoms with Crippen molar-refractivity contribution in [3.05, 3.63) is 47.8 Å². The molecule has 3 nitrogen and oxygen atoms in total. The third-order valence-corrected chi connectivity index (χ3v) is 3.25. The highest BCUT2D eigenvalue weighted by Gasteiger charge is 2.26. The first kappa shape index (κ1) is 10.3. The average Bonchev–Trinajstić information content (AvgIpc) is 2.74. The first-order chi connectivity index (χ1) is 8.25. The Balaban J connectivity index is 2.12. The van der Waals surface area contributed by atoms with Crippen LogP contribution in [0.2, 0.25) is 0 Å². The van der Waals surface area contributed by atoms with Gasteiger partial charge in [0.05, 0.1) is 23.1 Å². The summed E-state index contributed by atoms with van der Waals surface area (Å²) in [5, 5.41) is 4.35. The van der Waals surface area contributed by atoms with Crippen LogP contribution in [0.1, 0.15) is 29.4 Å². The summed E-state index contributed by atoms with van der Waals surface area (Å²) in [5.41, 5.74) is 2.88.